The Kier molecular flexibility index (Phi) is 4.05. The van der Waals surface area contributed by atoms with E-state index in [0.717, 1.165) is 24.5 Å². The SMILES string of the molecule is COc1cnn(C)c1C(O)CCC1CCCC1. The molecule has 1 fully saturated rings. The van der Waals surface area contributed by atoms with Crippen molar-refractivity contribution in [2.75, 3.05) is 7.11 Å². The van der Waals surface area contributed by atoms with Crippen molar-refractivity contribution in [1.82, 2.24) is 9.78 Å². The van der Waals surface area contributed by atoms with Crippen LogP contribution in [-0.2, 0) is 7.05 Å². The van der Waals surface area contributed by atoms with E-state index in [4.69, 9.17) is 4.74 Å². The van der Waals surface area contributed by atoms with Crippen molar-refractivity contribution < 1.29 is 9.84 Å². The number of aliphatic hydroxyl groups excluding tert-OH is 1. The van der Waals surface area contributed by atoms with Crippen molar-refractivity contribution in [3.8, 4) is 5.75 Å². The first-order valence-electron chi connectivity index (χ1n) is 6.46. The van der Waals surface area contributed by atoms with Crippen LogP contribution in [0.25, 0.3) is 0 Å². The molecule has 0 radical (unpaired) electrons. The zero-order valence-corrected chi connectivity index (χ0v) is 10.7. The monoisotopic (exact) mass is 238 g/mol. The molecule has 4 nitrogen and oxygen atoms in total. The molecule has 0 spiro atoms. The summed E-state index contributed by atoms with van der Waals surface area (Å²) in [7, 11) is 3.46. The Morgan fingerprint density at radius 2 is 2.24 bits per heavy atom. The van der Waals surface area contributed by atoms with Gasteiger partial charge in [0.15, 0.2) is 5.75 Å². The van der Waals surface area contributed by atoms with E-state index in [1.807, 2.05) is 7.05 Å². The molecule has 1 heterocycles. The number of methoxy groups -OCH3 is 1. The topological polar surface area (TPSA) is 47.3 Å². The predicted octanol–water partition coefficient (Wildman–Crippen LogP) is 2.43. The molecule has 0 aliphatic heterocycles. The highest BCUT2D eigenvalue weighted by molar-refractivity contribution is 5.26. The third-order valence-electron chi connectivity index (χ3n) is 3.81. The van der Waals surface area contributed by atoms with Gasteiger partial charge in [0, 0.05) is 7.05 Å². The molecule has 1 saturated carbocycles. The van der Waals surface area contributed by atoms with E-state index in [0.29, 0.717) is 5.75 Å². The molecule has 1 unspecified atom stereocenters. The quantitative estimate of drug-likeness (QED) is 0.857. The molecular formula is C13H22N2O2. The minimum atomic E-state index is -0.460. The van der Waals surface area contributed by atoms with Gasteiger partial charge < -0.3 is 9.84 Å². The van der Waals surface area contributed by atoms with Gasteiger partial charge in [0.25, 0.3) is 0 Å². The molecule has 96 valence electrons. The average Bonchev–Trinajstić information content (AvgIpc) is 2.94. The van der Waals surface area contributed by atoms with E-state index in [2.05, 4.69) is 5.10 Å². The van der Waals surface area contributed by atoms with Crippen LogP contribution in [0.5, 0.6) is 5.75 Å². The summed E-state index contributed by atoms with van der Waals surface area (Å²) in [5.74, 6) is 1.50. The largest absolute Gasteiger partial charge is 0.493 e. The average molecular weight is 238 g/mol. The molecule has 1 aromatic rings. The molecule has 0 amide bonds. The summed E-state index contributed by atoms with van der Waals surface area (Å²) in [6.07, 6.45) is 8.48. The third-order valence-corrected chi connectivity index (χ3v) is 3.81. The van der Waals surface area contributed by atoms with Gasteiger partial charge in [-0.25, -0.2) is 0 Å². The highest BCUT2D eigenvalue weighted by Gasteiger charge is 2.21. The normalized spacial score (nSPS) is 18.5. The van der Waals surface area contributed by atoms with Crippen LogP contribution in [0.2, 0.25) is 0 Å². The van der Waals surface area contributed by atoms with Crippen LogP contribution in [0.1, 0.15) is 50.3 Å². The lowest BCUT2D eigenvalue weighted by atomic mass is 9.98. The van der Waals surface area contributed by atoms with Crippen LogP contribution in [0, 0.1) is 5.92 Å². The van der Waals surface area contributed by atoms with Crippen molar-refractivity contribution in [3.05, 3.63) is 11.9 Å². The van der Waals surface area contributed by atoms with Crippen LogP contribution in [-0.4, -0.2) is 22.0 Å². The summed E-state index contributed by atoms with van der Waals surface area (Å²) in [4.78, 5) is 0. The van der Waals surface area contributed by atoms with Crippen molar-refractivity contribution in [2.45, 2.75) is 44.6 Å². The lowest BCUT2D eigenvalue weighted by molar-refractivity contribution is 0.144. The molecule has 1 N–H and O–H groups in total. The first-order chi connectivity index (χ1) is 8.22. The molecule has 0 saturated heterocycles. The number of aryl methyl sites for hydroxylation is 1. The predicted molar refractivity (Wildman–Crippen MR) is 65.9 cm³/mol. The number of aliphatic hydroxyl groups is 1. The number of hydrogen-bond acceptors (Lipinski definition) is 3. The third kappa shape index (κ3) is 2.80. The maximum atomic E-state index is 10.2. The van der Waals surface area contributed by atoms with Gasteiger partial charge in [-0.3, -0.25) is 4.68 Å². The molecule has 2 rings (SSSR count). The fourth-order valence-corrected chi connectivity index (χ4v) is 2.79. The standard InChI is InChI=1S/C13H22N2O2/c1-15-13(12(17-2)9-14-15)11(16)8-7-10-5-3-4-6-10/h9-11,16H,3-8H2,1-2H3. The Labute approximate surface area is 103 Å². The van der Waals surface area contributed by atoms with Crippen LogP contribution in [0.15, 0.2) is 6.20 Å². The van der Waals surface area contributed by atoms with Crippen LogP contribution in [0.3, 0.4) is 0 Å². The molecule has 1 aliphatic carbocycles. The first kappa shape index (κ1) is 12.4. The minimum Gasteiger partial charge on any atom is -0.493 e. The molecule has 1 atom stereocenters. The Morgan fingerprint density at radius 1 is 1.53 bits per heavy atom. The molecule has 0 bridgehead atoms. The van der Waals surface area contributed by atoms with Crippen LogP contribution < -0.4 is 4.74 Å². The molecule has 0 aromatic carbocycles. The first-order valence-corrected chi connectivity index (χ1v) is 6.46. The van der Waals surface area contributed by atoms with E-state index in [9.17, 15) is 5.11 Å². The summed E-state index contributed by atoms with van der Waals surface area (Å²) in [5, 5.41) is 14.3. The van der Waals surface area contributed by atoms with Gasteiger partial charge >= 0.3 is 0 Å². The molecular weight excluding hydrogens is 216 g/mol. The second kappa shape index (κ2) is 5.54. The van der Waals surface area contributed by atoms with Gasteiger partial charge in [-0.1, -0.05) is 25.7 Å². The summed E-state index contributed by atoms with van der Waals surface area (Å²) in [6, 6.07) is 0. The van der Waals surface area contributed by atoms with Gasteiger partial charge in [-0.2, -0.15) is 5.10 Å². The zero-order valence-electron chi connectivity index (χ0n) is 10.7. The second-order valence-corrected chi connectivity index (χ2v) is 4.97. The van der Waals surface area contributed by atoms with Crippen LogP contribution in [0.4, 0.5) is 0 Å². The number of rotatable bonds is 5. The number of aromatic nitrogens is 2. The Balaban J connectivity index is 1.93. The van der Waals surface area contributed by atoms with Crippen LogP contribution >= 0.6 is 0 Å². The van der Waals surface area contributed by atoms with Crippen molar-refractivity contribution in [2.24, 2.45) is 13.0 Å². The maximum absolute atomic E-state index is 10.2. The molecule has 1 aromatic heterocycles. The summed E-state index contributed by atoms with van der Waals surface area (Å²) >= 11 is 0. The molecule has 4 heteroatoms. The highest BCUT2D eigenvalue weighted by Crippen LogP contribution is 2.33. The Hall–Kier alpha value is -1.03. The molecule has 1 aliphatic rings. The van der Waals surface area contributed by atoms with E-state index in [1.165, 1.54) is 25.7 Å². The fraction of sp³-hybridized carbons (Fsp3) is 0.769. The van der Waals surface area contributed by atoms with E-state index >= 15 is 0 Å². The lowest BCUT2D eigenvalue weighted by Crippen LogP contribution is -2.08. The van der Waals surface area contributed by atoms with E-state index in [-0.39, 0.29) is 0 Å². The van der Waals surface area contributed by atoms with E-state index < -0.39 is 6.10 Å². The van der Waals surface area contributed by atoms with Gasteiger partial charge in [0.05, 0.1) is 19.4 Å². The lowest BCUT2D eigenvalue weighted by Gasteiger charge is -2.15. The minimum absolute atomic E-state index is 0.460. The maximum Gasteiger partial charge on any atom is 0.162 e. The number of hydrogen-bond donors (Lipinski definition) is 1. The summed E-state index contributed by atoms with van der Waals surface area (Å²) < 4.78 is 6.92. The second-order valence-electron chi connectivity index (χ2n) is 4.97. The Morgan fingerprint density at radius 3 is 2.88 bits per heavy atom. The van der Waals surface area contributed by atoms with Gasteiger partial charge in [0.1, 0.15) is 5.69 Å². The number of ether oxygens (including phenoxy) is 1. The highest BCUT2D eigenvalue weighted by atomic mass is 16.5. The summed E-state index contributed by atoms with van der Waals surface area (Å²) in [6.45, 7) is 0. The zero-order chi connectivity index (χ0) is 12.3. The smallest absolute Gasteiger partial charge is 0.162 e. The van der Waals surface area contributed by atoms with Gasteiger partial charge in [0.2, 0.25) is 0 Å². The number of nitrogens with zero attached hydrogens (tertiary/aromatic N) is 2. The molecule has 17 heavy (non-hydrogen) atoms. The van der Waals surface area contributed by atoms with E-state index in [1.54, 1.807) is 18.0 Å². The van der Waals surface area contributed by atoms with Crippen molar-refractivity contribution >= 4 is 0 Å². The fourth-order valence-electron chi connectivity index (χ4n) is 2.79. The van der Waals surface area contributed by atoms with Gasteiger partial charge in [-0.05, 0) is 18.8 Å². The van der Waals surface area contributed by atoms with Gasteiger partial charge in [-0.15, -0.1) is 0 Å². The summed E-state index contributed by atoms with van der Waals surface area (Å²) in [5.41, 5.74) is 0.797. The Bertz CT molecular complexity index is 356. The van der Waals surface area contributed by atoms with Crippen molar-refractivity contribution in [3.63, 3.8) is 0 Å². The van der Waals surface area contributed by atoms with Crippen molar-refractivity contribution in [1.29, 1.82) is 0 Å².